The van der Waals surface area contributed by atoms with Crippen LogP contribution in [0.5, 0.6) is 5.75 Å². The van der Waals surface area contributed by atoms with Crippen molar-refractivity contribution < 1.29 is 13.9 Å². The first kappa shape index (κ1) is 18.9. The summed E-state index contributed by atoms with van der Waals surface area (Å²) in [5.74, 6) is -0.0976. The number of aromatic hydroxyl groups is 1. The highest BCUT2D eigenvalue weighted by Gasteiger charge is 2.31. The highest BCUT2D eigenvalue weighted by atomic mass is 19.1. The summed E-state index contributed by atoms with van der Waals surface area (Å²) in [6.45, 7) is 2.20. The van der Waals surface area contributed by atoms with Gasteiger partial charge in [-0.1, -0.05) is 62.2 Å². The number of alkyl halides is 2. The van der Waals surface area contributed by atoms with Gasteiger partial charge in [0, 0.05) is 12.0 Å². The van der Waals surface area contributed by atoms with Gasteiger partial charge in [-0.25, -0.2) is 8.78 Å². The summed E-state index contributed by atoms with van der Waals surface area (Å²) in [6.07, 6.45) is 2.99. The Morgan fingerprint density at radius 3 is 2.27 bits per heavy atom. The Kier molecular flexibility index (Phi) is 6.29. The largest absolute Gasteiger partial charge is 0.507 e. The molecule has 1 saturated carbocycles. The van der Waals surface area contributed by atoms with Crippen LogP contribution in [0.4, 0.5) is 8.78 Å². The molecular formula is C23H28F2O. The van der Waals surface area contributed by atoms with E-state index in [1.807, 2.05) is 24.3 Å². The van der Waals surface area contributed by atoms with Gasteiger partial charge < -0.3 is 5.11 Å². The molecule has 0 saturated heterocycles. The summed E-state index contributed by atoms with van der Waals surface area (Å²) in [6, 6.07) is 13.8. The normalized spacial score (nSPS) is 23.1. The minimum absolute atomic E-state index is 0.0174. The monoisotopic (exact) mass is 358 g/mol. The second-order valence-corrected chi connectivity index (χ2v) is 7.50. The van der Waals surface area contributed by atoms with E-state index in [0.717, 1.165) is 17.5 Å². The van der Waals surface area contributed by atoms with Crippen molar-refractivity contribution in [1.29, 1.82) is 0 Å². The van der Waals surface area contributed by atoms with Gasteiger partial charge in [-0.15, -0.1) is 0 Å². The molecule has 26 heavy (non-hydrogen) atoms. The molecule has 3 rings (SSSR count). The molecule has 2 atom stereocenters. The lowest BCUT2D eigenvalue weighted by molar-refractivity contribution is 0.141. The first-order valence-corrected chi connectivity index (χ1v) is 9.77. The Labute approximate surface area is 155 Å². The highest BCUT2D eigenvalue weighted by molar-refractivity contribution is 5.72. The standard InChI is InChI=1S/C23H28F2O/c1-2-3-4-6-16-9-11-17(12-10-16)21-7-5-8-22(23(21)26)18-13-19(24)15-20(25)14-18/h5,7-12,18-20,26H,2-4,6,13-15H2,1H3. The van der Waals surface area contributed by atoms with Crippen molar-refractivity contribution in [2.45, 2.75) is 70.1 Å². The summed E-state index contributed by atoms with van der Waals surface area (Å²) < 4.78 is 27.6. The number of phenolic OH excluding ortho intramolecular Hbond substituents is 1. The van der Waals surface area contributed by atoms with Crippen LogP contribution in [0.25, 0.3) is 11.1 Å². The molecule has 0 bridgehead atoms. The van der Waals surface area contributed by atoms with Crippen molar-refractivity contribution in [1.82, 2.24) is 0 Å². The van der Waals surface area contributed by atoms with E-state index in [1.54, 1.807) is 6.07 Å². The van der Waals surface area contributed by atoms with Crippen LogP contribution in [0.15, 0.2) is 42.5 Å². The highest BCUT2D eigenvalue weighted by Crippen LogP contribution is 2.42. The molecule has 140 valence electrons. The van der Waals surface area contributed by atoms with Crippen LogP contribution in [-0.2, 0) is 6.42 Å². The molecule has 0 aromatic heterocycles. The number of aryl methyl sites for hydroxylation is 1. The SMILES string of the molecule is CCCCCc1ccc(-c2cccc(C3CC(F)CC(F)C3)c2O)cc1. The molecule has 1 fully saturated rings. The van der Waals surface area contributed by atoms with Crippen LogP contribution in [0, 0.1) is 0 Å². The van der Waals surface area contributed by atoms with Crippen LogP contribution in [0.3, 0.4) is 0 Å². The summed E-state index contributed by atoms with van der Waals surface area (Å²) in [5, 5.41) is 10.8. The van der Waals surface area contributed by atoms with Crippen molar-refractivity contribution in [3.8, 4) is 16.9 Å². The van der Waals surface area contributed by atoms with E-state index in [1.165, 1.54) is 24.8 Å². The summed E-state index contributed by atoms with van der Waals surface area (Å²) in [5.41, 5.74) is 3.64. The number of hydrogen-bond acceptors (Lipinski definition) is 1. The molecule has 0 amide bonds. The van der Waals surface area contributed by atoms with Gasteiger partial charge in [-0.05, 0) is 48.3 Å². The summed E-state index contributed by atoms with van der Waals surface area (Å²) >= 11 is 0. The average molecular weight is 358 g/mol. The molecule has 0 heterocycles. The second kappa shape index (κ2) is 8.66. The number of rotatable bonds is 6. The molecule has 3 heteroatoms. The minimum atomic E-state index is -1.13. The zero-order chi connectivity index (χ0) is 18.5. The van der Waals surface area contributed by atoms with Crippen molar-refractivity contribution in [2.75, 3.05) is 0 Å². The molecule has 0 radical (unpaired) electrons. The number of benzene rings is 2. The number of para-hydroxylation sites is 1. The molecule has 0 spiro atoms. The van der Waals surface area contributed by atoms with E-state index in [-0.39, 0.29) is 30.9 Å². The van der Waals surface area contributed by atoms with Gasteiger partial charge in [0.15, 0.2) is 0 Å². The molecule has 2 aromatic rings. The van der Waals surface area contributed by atoms with Gasteiger partial charge in [-0.3, -0.25) is 0 Å². The van der Waals surface area contributed by atoms with Crippen molar-refractivity contribution in [3.63, 3.8) is 0 Å². The first-order chi connectivity index (χ1) is 12.6. The van der Waals surface area contributed by atoms with Gasteiger partial charge >= 0.3 is 0 Å². The fourth-order valence-electron chi connectivity index (χ4n) is 3.99. The zero-order valence-electron chi connectivity index (χ0n) is 15.4. The third-order valence-electron chi connectivity index (χ3n) is 5.43. The predicted octanol–water partition coefficient (Wildman–Crippen LogP) is 6.74. The van der Waals surface area contributed by atoms with Gasteiger partial charge in [0.05, 0.1) is 0 Å². The Morgan fingerprint density at radius 2 is 1.62 bits per heavy atom. The lowest BCUT2D eigenvalue weighted by atomic mass is 9.81. The molecular weight excluding hydrogens is 330 g/mol. The quantitative estimate of drug-likeness (QED) is 0.567. The van der Waals surface area contributed by atoms with Crippen LogP contribution < -0.4 is 0 Å². The number of hydrogen-bond donors (Lipinski definition) is 1. The number of phenols is 1. The maximum atomic E-state index is 13.8. The average Bonchev–Trinajstić information content (AvgIpc) is 2.62. The van der Waals surface area contributed by atoms with E-state index >= 15 is 0 Å². The topological polar surface area (TPSA) is 20.2 Å². The Bertz CT molecular complexity index is 701. The zero-order valence-corrected chi connectivity index (χ0v) is 15.4. The van der Waals surface area contributed by atoms with Crippen LogP contribution in [0.2, 0.25) is 0 Å². The Morgan fingerprint density at radius 1 is 0.923 bits per heavy atom. The Balaban J connectivity index is 1.80. The van der Waals surface area contributed by atoms with Gasteiger partial charge in [-0.2, -0.15) is 0 Å². The van der Waals surface area contributed by atoms with E-state index in [9.17, 15) is 13.9 Å². The van der Waals surface area contributed by atoms with Crippen LogP contribution in [0.1, 0.15) is 62.5 Å². The van der Waals surface area contributed by atoms with Crippen LogP contribution >= 0.6 is 0 Å². The molecule has 2 unspecified atom stereocenters. The fraction of sp³-hybridized carbons (Fsp3) is 0.478. The number of halogens is 2. The van der Waals surface area contributed by atoms with E-state index < -0.39 is 12.3 Å². The Hall–Kier alpha value is -1.90. The maximum Gasteiger partial charge on any atom is 0.126 e. The lowest BCUT2D eigenvalue weighted by Crippen LogP contribution is -2.23. The van der Waals surface area contributed by atoms with Crippen molar-refractivity contribution in [2.24, 2.45) is 0 Å². The van der Waals surface area contributed by atoms with E-state index in [4.69, 9.17) is 0 Å². The van der Waals surface area contributed by atoms with Gasteiger partial charge in [0.1, 0.15) is 18.1 Å². The molecule has 2 aromatic carbocycles. The predicted molar refractivity (Wildman–Crippen MR) is 103 cm³/mol. The maximum absolute atomic E-state index is 13.8. The minimum Gasteiger partial charge on any atom is -0.507 e. The second-order valence-electron chi connectivity index (χ2n) is 7.50. The first-order valence-electron chi connectivity index (χ1n) is 9.77. The van der Waals surface area contributed by atoms with Crippen molar-refractivity contribution in [3.05, 3.63) is 53.6 Å². The van der Waals surface area contributed by atoms with Gasteiger partial charge in [0.2, 0.25) is 0 Å². The third kappa shape index (κ3) is 4.44. The third-order valence-corrected chi connectivity index (χ3v) is 5.43. The molecule has 1 aliphatic carbocycles. The smallest absolute Gasteiger partial charge is 0.126 e. The molecule has 1 aliphatic rings. The molecule has 0 aliphatic heterocycles. The van der Waals surface area contributed by atoms with E-state index in [2.05, 4.69) is 19.1 Å². The van der Waals surface area contributed by atoms with Gasteiger partial charge in [0.25, 0.3) is 0 Å². The van der Waals surface area contributed by atoms with E-state index in [0.29, 0.717) is 5.56 Å². The summed E-state index contributed by atoms with van der Waals surface area (Å²) in [4.78, 5) is 0. The summed E-state index contributed by atoms with van der Waals surface area (Å²) in [7, 11) is 0. The molecule has 1 nitrogen and oxygen atoms in total. The lowest BCUT2D eigenvalue weighted by Gasteiger charge is -2.28. The molecule has 1 N–H and O–H groups in total. The fourth-order valence-corrected chi connectivity index (χ4v) is 3.99. The van der Waals surface area contributed by atoms with Crippen LogP contribution in [-0.4, -0.2) is 17.4 Å². The number of unbranched alkanes of at least 4 members (excludes halogenated alkanes) is 2. The van der Waals surface area contributed by atoms with Crippen molar-refractivity contribution >= 4 is 0 Å².